The van der Waals surface area contributed by atoms with Crippen LogP contribution in [0, 0.1) is 11.7 Å². The average molecular weight is 420 g/mol. The topological polar surface area (TPSA) is 66.7 Å². The number of para-hydroxylation sites is 1. The molecule has 2 amide bonds. The molecule has 6 nitrogen and oxygen atoms in total. The first-order chi connectivity index (χ1) is 14.6. The highest BCUT2D eigenvalue weighted by Crippen LogP contribution is 2.28. The maximum atomic E-state index is 14.0. The maximum absolute atomic E-state index is 14.0. The van der Waals surface area contributed by atoms with Crippen molar-refractivity contribution in [3.8, 4) is 11.3 Å². The number of halogens is 1. The molecular formula is C22H17FN4O2S. The van der Waals surface area contributed by atoms with Gasteiger partial charge in [0.2, 0.25) is 11.8 Å². The number of aromatic nitrogens is 2. The Morgan fingerprint density at radius 3 is 2.73 bits per heavy atom. The van der Waals surface area contributed by atoms with Gasteiger partial charge in [-0.15, -0.1) is 11.3 Å². The van der Waals surface area contributed by atoms with Gasteiger partial charge >= 0.3 is 0 Å². The lowest BCUT2D eigenvalue weighted by Gasteiger charge is -2.17. The van der Waals surface area contributed by atoms with Crippen molar-refractivity contribution in [1.82, 2.24) is 9.38 Å². The second kappa shape index (κ2) is 7.38. The average Bonchev–Trinajstić information content (AvgIpc) is 3.44. The largest absolute Gasteiger partial charge is 0.326 e. The van der Waals surface area contributed by atoms with Crippen molar-refractivity contribution in [1.29, 1.82) is 0 Å². The van der Waals surface area contributed by atoms with Crippen molar-refractivity contribution >= 4 is 39.5 Å². The zero-order chi connectivity index (χ0) is 20.7. The molecule has 5 rings (SSSR count). The van der Waals surface area contributed by atoms with Crippen LogP contribution in [0.15, 0.2) is 66.3 Å². The fourth-order valence-electron chi connectivity index (χ4n) is 3.62. The van der Waals surface area contributed by atoms with Crippen LogP contribution in [0.25, 0.3) is 16.2 Å². The third-order valence-corrected chi connectivity index (χ3v) is 5.95. The van der Waals surface area contributed by atoms with Gasteiger partial charge in [-0.3, -0.25) is 14.0 Å². The molecule has 0 radical (unpaired) electrons. The van der Waals surface area contributed by atoms with E-state index in [9.17, 15) is 14.0 Å². The molecule has 1 N–H and O–H groups in total. The molecular weight excluding hydrogens is 403 g/mol. The van der Waals surface area contributed by atoms with Gasteiger partial charge in [-0.2, -0.15) is 0 Å². The molecule has 3 heterocycles. The lowest BCUT2D eigenvalue weighted by atomic mass is 10.1. The summed E-state index contributed by atoms with van der Waals surface area (Å²) >= 11 is 1.57. The number of hydrogen-bond acceptors (Lipinski definition) is 4. The number of nitrogens with one attached hydrogen (secondary N) is 1. The van der Waals surface area contributed by atoms with E-state index in [1.54, 1.807) is 29.5 Å². The predicted octanol–water partition coefficient (Wildman–Crippen LogP) is 4.19. The summed E-state index contributed by atoms with van der Waals surface area (Å²) in [4.78, 5) is 31.8. The van der Waals surface area contributed by atoms with Crippen LogP contribution in [0.3, 0.4) is 0 Å². The first kappa shape index (κ1) is 18.5. The van der Waals surface area contributed by atoms with Crippen LogP contribution in [0.1, 0.15) is 6.42 Å². The SMILES string of the molecule is O=C(Nc1ccc(-c2cn3ccsc3n2)cc1)[C@H]1CC(=O)N(c2ccccc2F)C1. The van der Waals surface area contributed by atoms with E-state index in [4.69, 9.17) is 0 Å². The minimum atomic E-state index is -0.531. The normalized spacial score (nSPS) is 16.4. The lowest BCUT2D eigenvalue weighted by Crippen LogP contribution is -2.28. The van der Waals surface area contributed by atoms with Crippen LogP contribution >= 0.6 is 11.3 Å². The van der Waals surface area contributed by atoms with Crippen molar-refractivity contribution < 1.29 is 14.0 Å². The lowest BCUT2D eigenvalue weighted by molar-refractivity contribution is -0.122. The molecule has 1 fully saturated rings. The van der Waals surface area contributed by atoms with E-state index in [1.165, 1.54) is 11.0 Å². The van der Waals surface area contributed by atoms with Crippen molar-refractivity contribution in [2.75, 3.05) is 16.8 Å². The molecule has 150 valence electrons. The van der Waals surface area contributed by atoms with Gasteiger partial charge in [0.05, 0.1) is 17.3 Å². The molecule has 1 aliphatic heterocycles. The van der Waals surface area contributed by atoms with Crippen LogP contribution < -0.4 is 10.2 Å². The number of rotatable bonds is 4. The highest BCUT2D eigenvalue weighted by atomic mass is 32.1. The maximum Gasteiger partial charge on any atom is 0.229 e. The highest BCUT2D eigenvalue weighted by Gasteiger charge is 2.36. The molecule has 2 aromatic carbocycles. The van der Waals surface area contributed by atoms with Gasteiger partial charge in [0.25, 0.3) is 0 Å². The van der Waals surface area contributed by atoms with Crippen LogP contribution in [-0.2, 0) is 9.59 Å². The van der Waals surface area contributed by atoms with Crippen LogP contribution in [0.5, 0.6) is 0 Å². The fourth-order valence-corrected chi connectivity index (χ4v) is 4.32. The Morgan fingerprint density at radius 2 is 1.97 bits per heavy atom. The zero-order valence-electron chi connectivity index (χ0n) is 15.8. The van der Waals surface area contributed by atoms with Gasteiger partial charge < -0.3 is 10.2 Å². The number of carbonyl (C=O) groups is 2. The molecule has 1 aliphatic rings. The quantitative estimate of drug-likeness (QED) is 0.538. The van der Waals surface area contributed by atoms with E-state index in [0.717, 1.165) is 16.2 Å². The Kier molecular flexibility index (Phi) is 4.55. The number of benzene rings is 2. The summed E-state index contributed by atoms with van der Waals surface area (Å²) < 4.78 is 16.0. The van der Waals surface area contributed by atoms with Crippen LogP contribution in [0.2, 0.25) is 0 Å². The number of carbonyl (C=O) groups excluding carboxylic acids is 2. The molecule has 0 bridgehead atoms. The van der Waals surface area contributed by atoms with E-state index in [1.807, 2.05) is 46.4 Å². The molecule has 8 heteroatoms. The van der Waals surface area contributed by atoms with E-state index >= 15 is 0 Å². The van der Waals surface area contributed by atoms with Crippen molar-refractivity contribution in [3.05, 3.63) is 72.1 Å². The van der Waals surface area contributed by atoms with Crippen molar-refractivity contribution in [2.45, 2.75) is 6.42 Å². The smallest absolute Gasteiger partial charge is 0.229 e. The summed E-state index contributed by atoms with van der Waals surface area (Å²) in [5.41, 5.74) is 2.66. The third-order valence-electron chi connectivity index (χ3n) is 5.18. The summed E-state index contributed by atoms with van der Waals surface area (Å²) in [7, 11) is 0. The first-order valence-corrected chi connectivity index (χ1v) is 10.3. The van der Waals surface area contributed by atoms with Gasteiger partial charge in [-0.25, -0.2) is 9.37 Å². The Bertz CT molecular complexity index is 1220. The number of thiazole rings is 1. The van der Waals surface area contributed by atoms with Crippen molar-refractivity contribution in [3.63, 3.8) is 0 Å². The number of amides is 2. The molecule has 1 atom stereocenters. The third kappa shape index (κ3) is 3.35. The summed E-state index contributed by atoms with van der Waals surface area (Å²) in [6, 6.07) is 13.5. The Labute approximate surface area is 175 Å². The Morgan fingerprint density at radius 1 is 1.17 bits per heavy atom. The fraction of sp³-hybridized carbons (Fsp3) is 0.136. The van der Waals surface area contributed by atoms with Crippen LogP contribution in [-0.4, -0.2) is 27.7 Å². The van der Waals surface area contributed by atoms with Crippen molar-refractivity contribution in [2.24, 2.45) is 5.92 Å². The first-order valence-electron chi connectivity index (χ1n) is 9.47. The van der Waals surface area contributed by atoms with E-state index in [-0.39, 0.29) is 30.5 Å². The number of nitrogens with zero attached hydrogens (tertiary/aromatic N) is 3. The summed E-state index contributed by atoms with van der Waals surface area (Å²) in [6.45, 7) is 0.162. The number of fused-ring (bicyclic) bond motifs is 1. The molecule has 1 saturated heterocycles. The van der Waals surface area contributed by atoms with Crippen LogP contribution in [0.4, 0.5) is 15.8 Å². The zero-order valence-corrected chi connectivity index (χ0v) is 16.6. The minimum absolute atomic E-state index is 0.0592. The second-order valence-corrected chi connectivity index (χ2v) is 8.02. The number of imidazole rings is 1. The molecule has 2 aromatic heterocycles. The monoisotopic (exact) mass is 420 g/mol. The predicted molar refractivity (Wildman–Crippen MR) is 114 cm³/mol. The van der Waals surface area contributed by atoms with Gasteiger partial charge in [-0.05, 0) is 24.3 Å². The van der Waals surface area contributed by atoms with E-state index < -0.39 is 11.7 Å². The molecule has 0 spiro atoms. The summed E-state index contributed by atoms with van der Waals surface area (Å²) in [5.74, 6) is -1.51. The molecule has 30 heavy (non-hydrogen) atoms. The minimum Gasteiger partial charge on any atom is -0.326 e. The van der Waals surface area contributed by atoms with Gasteiger partial charge in [-0.1, -0.05) is 24.3 Å². The molecule has 0 saturated carbocycles. The highest BCUT2D eigenvalue weighted by molar-refractivity contribution is 7.15. The van der Waals surface area contributed by atoms with Gasteiger partial charge in [0, 0.05) is 42.0 Å². The standard InChI is InChI=1S/C22H17FN4O2S/c23-17-3-1-2-4-19(17)27-12-15(11-20(27)28)21(29)24-16-7-5-14(6-8-16)18-13-26-9-10-30-22(26)25-18/h1-10,13,15H,11-12H2,(H,24,29)/t15-/m0/s1. The Balaban J connectivity index is 1.27. The molecule has 0 aliphatic carbocycles. The molecule has 4 aromatic rings. The second-order valence-electron chi connectivity index (χ2n) is 7.14. The molecule has 0 unspecified atom stereocenters. The summed E-state index contributed by atoms with van der Waals surface area (Å²) in [5, 5.41) is 4.83. The van der Waals surface area contributed by atoms with Gasteiger partial charge in [0.15, 0.2) is 4.96 Å². The Hall–Kier alpha value is -3.52. The summed E-state index contributed by atoms with van der Waals surface area (Å²) in [6.07, 6.45) is 3.98. The van der Waals surface area contributed by atoms with Gasteiger partial charge in [0.1, 0.15) is 5.82 Å². The van der Waals surface area contributed by atoms with E-state index in [2.05, 4.69) is 10.3 Å². The van der Waals surface area contributed by atoms with E-state index in [0.29, 0.717) is 5.69 Å². The number of anilines is 2. The number of hydrogen-bond donors (Lipinski definition) is 1.